The van der Waals surface area contributed by atoms with Crippen LogP contribution in [0, 0.1) is 17.1 Å². The van der Waals surface area contributed by atoms with Crippen LogP contribution in [0.25, 0.3) is 0 Å². The van der Waals surface area contributed by atoms with E-state index in [2.05, 4.69) is 16.0 Å². The first-order valence-corrected chi connectivity index (χ1v) is 9.08. The summed E-state index contributed by atoms with van der Waals surface area (Å²) in [5.74, 6) is 1.28. The largest absolute Gasteiger partial charge is 0.439 e. The van der Waals surface area contributed by atoms with Crippen molar-refractivity contribution in [3.8, 4) is 17.7 Å². The minimum absolute atomic E-state index is 0.315. The van der Waals surface area contributed by atoms with E-state index in [0.29, 0.717) is 28.1 Å². The molecular formula is C20H16FN3OS. The Hall–Kier alpha value is -2.91. The Morgan fingerprint density at radius 2 is 1.92 bits per heavy atom. The van der Waals surface area contributed by atoms with E-state index in [4.69, 9.17) is 10.00 Å². The van der Waals surface area contributed by atoms with Gasteiger partial charge in [-0.15, -0.1) is 0 Å². The van der Waals surface area contributed by atoms with Gasteiger partial charge in [0, 0.05) is 17.5 Å². The fourth-order valence-corrected chi connectivity index (χ4v) is 3.06. The van der Waals surface area contributed by atoms with Crippen molar-refractivity contribution in [2.45, 2.75) is 24.3 Å². The zero-order valence-electron chi connectivity index (χ0n) is 14.1. The van der Waals surface area contributed by atoms with E-state index >= 15 is 0 Å². The molecule has 0 aliphatic heterocycles. The van der Waals surface area contributed by atoms with Crippen LogP contribution in [-0.2, 0) is 12.2 Å². The third-order valence-electron chi connectivity index (χ3n) is 3.56. The highest BCUT2D eigenvalue weighted by atomic mass is 32.2. The van der Waals surface area contributed by atoms with Gasteiger partial charge in [-0.2, -0.15) is 10.2 Å². The first-order chi connectivity index (χ1) is 12.7. The van der Waals surface area contributed by atoms with Crippen LogP contribution < -0.4 is 4.74 Å². The molecule has 4 nitrogen and oxygen atoms in total. The summed E-state index contributed by atoms with van der Waals surface area (Å²) in [6, 6.07) is 17.2. The van der Waals surface area contributed by atoms with Crippen LogP contribution >= 0.6 is 11.8 Å². The van der Waals surface area contributed by atoms with Crippen molar-refractivity contribution in [1.82, 2.24) is 9.97 Å². The van der Waals surface area contributed by atoms with Crippen LogP contribution in [0.2, 0.25) is 0 Å². The SMILES string of the molecule is CCc1cc(Oc2ccc(F)cc2)nc(SCc2cccc(C#N)c2)n1. The maximum Gasteiger partial charge on any atom is 0.223 e. The van der Waals surface area contributed by atoms with Gasteiger partial charge in [0.25, 0.3) is 0 Å². The third-order valence-corrected chi connectivity index (χ3v) is 4.48. The molecular weight excluding hydrogens is 349 g/mol. The highest BCUT2D eigenvalue weighted by Crippen LogP contribution is 2.25. The molecule has 6 heteroatoms. The van der Waals surface area contributed by atoms with E-state index in [0.717, 1.165) is 17.7 Å². The standard InChI is InChI=1S/C20H16FN3OS/c1-2-17-11-19(25-18-8-6-16(21)7-9-18)24-20(23-17)26-13-15-5-3-4-14(10-15)12-22/h3-11H,2,13H2,1H3. The van der Waals surface area contributed by atoms with E-state index in [1.165, 1.54) is 23.9 Å². The van der Waals surface area contributed by atoms with E-state index in [1.54, 1.807) is 24.3 Å². The zero-order chi connectivity index (χ0) is 18.4. The highest BCUT2D eigenvalue weighted by Gasteiger charge is 2.08. The van der Waals surface area contributed by atoms with Gasteiger partial charge in [-0.3, -0.25) is 0 Å². The Bertz CT molecular complexity index is 939. The highest BCUT2D eigenvalue weighted by molar-refractivity contribution is 7.98. The molecule has 1 aromatic heterocycles. The monoisotopic (exact) mass is 365 g/mol. The fourth-order valence-electron chi connectivity index (χ4n) is 2.25. The molecule has 0 saturated heterocycles. The smallest absolute Gasteiger partial charge is 0.223 e. The molecule has 0 radical (unpaired) electrons. The van der Waals surface area contributed by atoms with Crippen molar-refractivity contribution in [2.24, 2.45) is 0 Å². The number of aryl methyl sites for hydroxylation is 1. The molecule has 0 spiro atoms. The van der Waals surface area contributed by atoms with Gasteiger partial charge in [0.05, 0.1) is 11.6 Å². The molecule has 0 amide bonds. The molecule has 1 heterocycles. The van der Waals surface area contributed by atoms with Crippen LogP contribution in [0.5, 0.6) is 11.6 Å². The Balaban J connectivity index is 1.76. The predicted octanol–water partition coefficient (Wildman–Crippen LogP) is 5.13. The number of hydrogen-bond donors (Lipinski definition) is 0. The van der Waals surface area contributed by atoms with Crippen molar-refractivity contribution in [1.29, 1.82) is 5.26 Å². The maximum atomic E-state index is 13.0. The molecule has 0 fully saturated rings. The quantitative estimate of drug-likeness (QED) is 0.447. The Morgan fingerprint density at radius 3 is 2.65 bits per heavy atom. The Labute approximate surface area is 155 Å². The van der Waals surface area contributed by atoms with Crippen molar-refractivity contribution in [2.75, 3.05) is 0 Å². The molecule has 0 unspecified atom stereocenters. The van der Waals surface area contributed by atoms with Gasteiger partial charge >= 0.3 is 0 Å². The average molecular weight is 365 g/mol. The lowest BCUT2D eigenvalue weighted by molar-refractivity contribution is 0.452. The number of benzene rings is 2. The van der Waals surface area contributed by atoms with Gasteiger partial charge in [-0.25, -0.2) is 9.37 Å². The Morgan fingerprint density at radius 1 is 1.12 bits per heavy atom. The molecule has 0 atom stereocenters. The van der Waals surface area contributed by atoms with Crippen molar-refractivity contribution >= 4 is 11.8 Å². The molecule has 2 aromatic carbocycles. The average Bonchev–Trinajstić information content (AvgIpc) is 2.68. The van der Waals surface area contributed by atoms with Gasteiger partial charge in [-0.1, -0.05) is 30.8 Å². The van der Waals surface area contributed by atoms with Crippen LogP contribution in [0.4, 0.5) is 4.39 Å². The number of halogens is 1. The summed E-state index contributed by atoms with van der Waals surface area (Å²) in [4.78, 5) is 8.94. The second-order valence-corrected chi connectivity index (χ2v) is 6.43. The lowest BCUT2D eigenvalue weighted by atomic mass is 10.2. The summed E-state index contributed by atoms with van der Waals surface area (Å²) >= 11 is 1.48. The van der Waals surface area contributed by atoms with E-state index in [9.17, 15) is 4.39 Å². The molecule has 0 saturated carbocycles. The van der Waals surface area contributed by atoms with Gasteiger partial charge in [-0.05, 0) is 48.4 Å². The molecule has 0 aliphatic carbocycles. The normalized spacial score (nSPS) is 10.3. The van der Waals surface area contributed by atoms with Crippen LogP contribution in [0.15, 0.2) is 59.8 Å². The number of hydrogen-bond acceptors (Lipinski definition) is 5. The second kappa shape index (κ2) is 8.45. The van der Waals surface area contributed by atoms with Crippen molar-refractivity contribution in [3.05, 3.63) is 77.2 Å². The third kappa shape index (κ3) is 4.80. The number of ether oxygens (including phenoxy) is 1. The molecule has 0 bridgehead atoms. The first-order valence-electron chi connectivity index (χ1n) is 8.09. The summed E-state index contributed by atoms with van der Waals surface area (Å²) in [6.45, 7) is 2.01. The zero-order valence-corrected chi connectivity index (χ0v) is 15.0. The summed E-state index contributed by atoms with van der Waals surface area (Å²) in [6.07, 6.45) is 0.750. The number of rotatable bonds is 6. The minimum Gasteiger partial charge on any atom is -0.439 e. The van der Waals surface area contributed by atoms with Gasteiger partial charge in [0.1, 0.15) is 11.6 Å². The van der Waals surface area contributed by atoms with E-state index in [-0.39, 0.29) is 5.82 Å². The fraction of sp³-hybridized carbons (Fsp3) is 0.150. The number of nitriles is 1. The first kappa shape index (κ1) is 17.9. The summed E-state index contributed by atoms with van der Waals surface area (Å²) < 4.78 is 18.8. The summed E-state index contributed by atoms with van der Waals surface area (Å²) in [7, 11) is 0. The topological polar surface area (TPSA) is 58.8 Å². The molecule has 130 valence electrons. The molecule has 0 aliphatic rings. The number of aromatic nitrogens is 2. The molecule has 0 N–H and O–H groups in total. The summed E-state index contributed by atoms with van der Waals surface area (Å²) in [5.41, 5.74) is 2.53. The van der Waals surface area contributed by atoms with E-state index < -0.39 is 0 Å². The molecule has 3 aromatic rings. The Kier molecular flexibility index (Phi) is 5.82. The van der Waals surface area contributed by atoms with Crippen LogP contribution in [-0.4, -0.2) is 9.97 Å². The van der Waals surface area contributed by atoms with E-state index in [1.807, 2.05) is 25.1 Å². The minimum atomic E-state index is -0.315. The lowest BCUT2D eigenvalue weighted by Crippen LogP contribution is -1.97. The maximum absolute atomic E-state index is 13.0. The molecule has 26 heavy (non-hydrogen) atoms. The van der Waals surface area contributed by atoms with Crippen LogP contribution in [0.3, 0.4) is 0 Å². The van der Waals surface area contributed by atoms with Gasteiger partial charge < -0.3 is 4.74 Å². The van der Waals surface area contributed by atoms with Crippen molar-refractivity contribution < 1.29 is 9.13 Å². The number of nitrogens with zero attached hydrogens (tertiary/aromatic N) is 3. The second-order valence-electron chi connectivity index (χ2n) is 5.49. The van der Waals surface area contributed by atoms with Gasteiger partial charge in [0.2, 0.25) is 5.88 Å². The predicted molar refractivity (Wildman–Crippen MR) is 98.6 cm³/mol. The van der Waals surface area contributed by atoms with Crippen LogP contribution in [0.1, 0.15) is 23.7 Å². The summed E-state index contributed by atoms with van der Waals surface area (Å²) in [5, 5.41) is 9.59. The lowest BCUT2D eigenvalue weighted by Gasteiger charge is -2.08. The number of thioether (sulfide) groups is 1. The van der Waals surface area contributed by atoms with Crippen molar-refractivity contribution in [3.63, 3.8) is 0 Å². The van der Waals surface area contributed by atoms with Gasteiger partial charge in [0.15, 0.2) is 5.16 Å². The molecule has 3 rings (SSSR count).